The molecule has 1 aromatic heterocycles. The highest BCUT2D eigenvalue weighted by Gasteiger charge is 2.22. The number of hydrogen-bond acceptors (Lipinski definition) is 4. The molecule has 0 aliphatic carbocycles. The third kappa shape index (κ3) is 3.48. The van der Waals surface area contributed by atoms with Gasteiger partial charge in [-0.25, -0.2) is 0 Å². The molecule has 0 aromatic carbocycles. The van der Waals surface area contributed by atoms with Gasteiger partial charge in [0.2, 0.25) is 0 Å². The number of nitrogens with zero attached hydrogens (tertiary/aromatic N) is 2. The molecule has 1 unspecified atom stereocenters. The first-order valence-corrected chi connectivity index (χ1v) is 7.46. The monoisotopic (exact) mass is 276 g/mol. The lowest BCUT2D eigenvalue weighted by molar-refractivity contribution is 0.0760. The van der Waals surface area contributed by atoms with Crippen molar-refractivity contribution in [3.05, 3.63) is 24.0 Å². The smallest absolute Gasteiger partial charge is 0.256 e. The minimum absolute atomic E-state index is 0.0532. The number of nitrogens with one attached hydrogen (secondary N) is 1. The van der Waals surface area contributed by atoms with Gasteiger partial charge in [0.25, 0.3) is 5.91 Å². The summed E-state index contributed by atoms with van der Waals surface area (Å²) >= 11 is 0. The van der Waals surface area contributed by atoms with Crippen molar-refractivity contribution >= 4 is 11.6 Å². The fourth-order valence-corrected chi connectivity index (χ4v) is 2.93. The quantitative estimate of drug-likeness (QED) is 0.654. The van der Waals surface area contributed by atoms with Crippen LogP contribution in [0.25, 0.3) is 0 Å². The van der Waals surface area contributed by atoms with Crippen LogP contribution in [0.15, 0.2) is 18.5 Å². The third-order valence-corrected chi connectivity index (χ3v) is 4.04. The second kappa shape index (κ2) is 7.24. The molecule has 1 saturated heterocycles. The molecule has 1 amide bonds. The maximum absolute atomic E-state index is 12.6. The molecule has 5 nitrogen and oxygen atoms in total. The molecular weight excluding hydrogens is 252 g/mol. The average molecular weight is 276 g/mol. The summed E-state index contributed by atoms with van der Waals surface area (Å²) in [6.45, 7) is 3.91. The van der Waals surface area contributed by atoms with Crippen molar-refractivity contribution in [3.63, 3.8) is 0 Å². The van der Waals surface area contributed by atoms with E-state index in [9.17, 15) is 4.79 Å². The van der Waals surface area contributed by atoms with Crippen molar-refractivity contribution in [2.75, 3.05) is 18.5 Å². The molecule has 1 fully saturated rings. The van der Waals surface area contributed by atoms with Gasteiger partial charge in [0.1, 0.15) is 0 Å². The van der Waals surface area contributed by atoms with E-state index in [0.717, 1.165) is 31.8 Å². The molecule has 5 heteroatoms. The number of likely N-dealkylation sites (tertiary alicyclic amines) is 1. The number of carbonyl (C=O) groups is 1. The highest BCUT2D eigenvalue weighted by atomic mass is 16.2. The van der Waals surface area contributed by atoms with Gasteiger partial charge >= 0.3 is 0 Å². The zero-order valence-electron chi connectivity index (χ0n) is 12.1. The second-order valence-corrected chi connectivity index (χ2v) is 5.44. The van der Waals surface area contributed by atoms with Gasteiger partial charge in [-0.15, -0.1) is 0 Å². The molecule has 0 spiro atoms. The standard InChI is InChI=1S/C15H24N4O/c1-2-4-12-5-3-9-19(10-7-12)15(20)13-6-8-17-11-14(13)18-16/h6,8,11-12,18H,2-5,7,9-10,16H2,1H3. The third-order valence-electron chi connectivity index (χ3n) is 4.04. The number of carbonyl (C=O) groups excluding carboxylic acids is 1. The SMILES string of the molecule is CCCC1CCCN(C(=O)c2ccncc2NN)CC1. The van der Waals surface area contributed by atoms with Gasteiger partial charge in [0.15, 0.2) is 0 Å². The predicted octanol–water partition coefficient (Wildman–Crippen LogP) is 2.41. The highest BCUT2D eigenvalue weighted by molar-refractivity contribution is 5.99. The number of nitrogens with two attached hydrogens (primary N) is 1. The summed E-state index contributed by atoms with van der Waals surface area (Å²) < 4.78 is 0. The molecule has 1 atom stereocenters. The van der Waals surface area contributed by atoms with Crippen LogP contribution in [0.5, 0.6) is 0 Å². The molecule has 1 aliphatic heterocycles. The summed E-state index contributed by atoms with van der Waals surface area (Å²) in [5.41, 5.74) is 3.75. The molecule has 20 heavy (non-hydrogen) atoms. The van der Waals surface area contributed by atoms with Crippen LogP contribution in [0, 0.1) is 5.92 Å². The molecule has 0 saturated carbocycles. The van der Waals surface area contributed by atoms with Gasteiger partial charge in [0, 0.05) is 19.3 Å². The minimum Gasteiger partial charge on any atom is -0.339 e. The van der Waals surface area contributed by atoms with E-state index < -0.39 is 0 Å². The van der Waals surface area contributed by atoms with Crippen molar-refractivity contribution in [2.24, 2.45) is 11.8 Å². The Hall–Kier alpha value is -1.62. The second-order valence-electron chi connectivity index (χ2n) is 5.44. The van der Waals surface area contributed by atoms with Crippen LogP contribution < -0.4 is 11.3 Å². The summed E-state index contributed by atoms with van der Waals surface area (Å²) in [5.74, 6) is 6.27. The number of hydrogen-bond donors (Lipinski definition) is 2. The van der Waals surface area contributed by atoms with Crippen LogP contribution in [0.3, 0.4) is 0 Å². The molecular formula is C15H24N4O. The van der Waals surface area contributed by atoms with Crippen molar-refractivity contribution in [1.82, 2.24) is 9.88 Å². The lowest BCUT2D eigenvalue weighted by Gasteiger charge is -2.21. The van der Waals surface area contributed by atoms with E-state index in [1.165, 1.54) is 19.3 Å². The number of aromatic nitrogens is 1. The topological polar surface area (TPSA) is 71.2 Å². The fourth-order valence-electron chi connectivity index (χ4n) is 2.93. The van der Waals surface area contributed by atoms with Gasteiger partial charge < -0.3 is 10.3 Å². The number of amides is 1. The lowest BCUT2D eigenvalue weighted by Crippen LogP contribution is -2.33. The lowest BCUT2D eigenvalue weighted by atomic mass is 9.96. The van der Waals surface area contributed by atoms with Crippen LogP contribution in [0.4, 0.5) is 5.69 Å². The Bertz CT molecular complexity index is 449. The van der Waals surface area contributed by atoms with E-state index >= 15 is 0 Å². The summed E-state index contributed by atoms with van der Waals surface area (Å²) in [7, 11) is 0. The summed E-state index contributed by atoms with van der Waals surface area (Å²) in [6, 6.07) is 1.73. The van der Waals surface area contributed by atoms with Crippen LogP contribution in [0.1, 0.15) is 49.4 Å². The Balaban J connectivity index is 2.05. The fraction of sp³-hybridized carbons (Fsp3) is 0.600. The Morgan fingerprint density at radius 1 is 1.50 bits per heavy atom. The van der Waals surface area contributed by atoms with Crippen molar-refractivity contribution < 1.29 is 4.79 Å². The van der Waals surface area contributed by atoms with Crippen LogP contribution in [-0.4, -0.2) is 28.9 Å². The molecule has 1 aliphatic rings. The van der Waals surface area contributed by atoms with Crippen LogP contribution in [0.2, 0.25) is 0 Å². The van der Waals surface area contributed by atoms with E-state index in [2.05, 4.69) is 17.3 Å². The number of pyridine rings is 1. The van der Waals surface area contributed by atoms with Gasteiger partial charge in [-0.2, -0.15) is 0 Å². The van der Waals surface area contributed by atoms with E-state index in [4.69, 9.17) is 5.84 Å². The predicted molar refractivity (Wildman–Crippen MR) is 80.2 cm³/mol. The maximum atomic E-state index is 12.6. The molecule has 110 valence electrons. The van der Waals surface area contributed by atoms with Gasteiger partial charge in [-0.1, -0.05) is 19.8 Å². The number of rotatable bonds is 4. The average Bonchev–Trinajstić information content (AvgIpc) is 2.72. The summed E-state index contributed by atoms with van der Waals surface area (Å²) in [6.07, 6.45) is 9.15. The number of anilines is 1. The van der Waals surface area contributed by atoms with Gasteiger partial charge in [0.05, 0.1) is 17.4 Å². The van der Waals surface area contributed by atoms with Crippen molar-refractivity contribution in [3.8, 4) is 0 Å². The Morgan fingerprint density at radius 2 is 2.35 bits per heavy atom. The van der Waals surface area contributed by atoms with Gasteiger partial charge in [-0.3, -0.25) is 15.6 Å². The van der Waals surface area contributed by atoms with E-state index in [0.29, 0.717) is 11.3 Å². The molecule has 2 rings (SSSR count). The summed E-state index contributed by atoms with van der Waals surface area (Å²) in [5, 5.41) is 0. The molecule has 1 aromatic rings. The summed E-state index contributed by atoms with van der Waals surface area (Å²) in [4.78, 5) is 18.5. The zero-order chi connectivity index (χ0) is 14.4. The molecule has 0 bridgehead atoms. The van der Waals surface area contributed by atoms with E-state index in [1.54, 1.807) is 18.5 Å². The maximum Gasteiger partial charge on any atom is 0.256 e. The van der Waals surface area contributed by atoms with E-state index in [-0.39, 0.29) is 5.91 Å². The normalized spacial score (nSPS) is 19.5. The van der Waals surface area contributed by atoms with E-state index in [1.807, 2.05) is 4.90 Å². The Labute approximate surface area is 120 Å². The number of hydrazine groups is 1. The highest BCUT2D eigenvalue weighted by Crippen LogP contribution is 2.24. The molecule has 2 heterocycles. The number of nitrogen functional groups attached to an aromatic ring is 1. The molecule has 0 radical (unpaired) electrons. The Morgan fingerprint density at radius 3 is 3.10 bits per heavy atom. The zero-order valence-corrected chi connectivity index (χ0v) is 12.1. The minimum atomic E-state index is 0.0532. The van der Waals surface area contributed by atoms with Crippen LogP contribution in [-0.2, 0) is 0 Å². The van der Waals surface area contributed by atoms with Crippen molar-refractivity contribution in [2.45, 2.75) is 39.0 Å². The first kappa shape index (κ1) is 14.8. The first-order chi connectivity index (χ1) is 9.76. The van der Waals surface area contributed by atoms with Crippen LogP contribution >= 0.6 is 0 Å². The largest absolute Gasteiger partial charge is 0.339 e. The van der Waals surface area contributed by atoms with Gasteiger partial charge in [-0.05, 0) is 31.2 Å². The van der Waals surface area contributed by atoms with Crippen molar-refractivity contribution in [1.29, 1.82) is 0 Å². The first-order valence-electron chi connectivity index (χ1n) is 7.46. The Kier molecular flexibility index (Phi) is 5.35. The molecule has 3 N–H and O–H groups in total.